The Kier molecular flexibility index (Phi) is 8.54. The number of hydrogen-bond donors (Lipinski definition) is 0. The van der Waals surface area contributed by atoms with Gasteiger partial charge in [-0.3, -0.25) is 10.1 Å². The van der Waals surface area contributed by atoms with Crippen LogP contribution >= 0.6 is 0 Å². The van der Waals surface area contributed by atoms with E-state index in [1.54, 1.807) is 38.7 Å². The number of nitro groups is 1. The van der Waals surface area contributed by atoms with Gasteiger partial charge in [0.25, 0.3) is 5.69 Å². The third-order valence-electron chi connectivity index (χ3n) is 5.26. The predicted octanol–water partition coefficient (Wildman–Crippen LogP) is 4.05. The molecule has 0 N–H and O–H groups in total. The second-order valence-corrected chi connectivity index (χ2v) is 7.15. The Balaban J connectivity index is 2.84. The van der Waals surface area contributed by atoms with E-state index in [9.17, 15) is 19.7 Å². The van der Waals surface area contributed by atoms with Gasteiger partial charge in [0.15, 0.2) is 0 Å². The van der Waals surface area contributed by atoms with Crippen molar-refractivity contribution in [2.45, 2.75) is 53.7 Å². The summed E-state index contributed by atoms with van der Waals surface area (Å²) in [7, 11) is 0. The molecular formula is C23H30N2O7. The summed E-state index contributed by atoms with van der Waals surface area (Å²) in [5.41, 5.74) is 1.81. The van der Waals surface area contributed by atoms with Crippen LogP contribution in [-0.4, -0.2) is 47.8 Å². The summed E-state index contributed by atoms with van der Waals surface area (Å²) >= 11 is 0. The standard InChI is InChI=1S/C23H30N2O7/c1-7-30-16(6)24-14(4)19(22(26)31-8-2)21(20(15(24)5)23(27)32-9-3)17-11-10-12-18(13-17)25(28)29/h10-13,16,21H,7-9H2,1-6H3. The summed E-state index contributed by atoms with van der Waals surface area (Å²) in [5, 5.41) is 11.4. The lowest BCUT2D eigenvalue weighted by atomic mass is 9.79. The lowest BCUT2D eigenvalue weighted by Gasteiger charge is -2.40. The van der Waals surface area contributed by atoms with Gasteiger partial charge in [0.05, 0.1) is 35.2 Å². The SMILES string of the molecule is CCOC(=O)C1=C(C)N(C(C)OCC)C(C)=C(C(=O)OCC)C1c1cccc([N+](=O)[O-])c1. The van der Waals surface area contributed by atoms with Gasteiger partial charge in [-0.05, 0) is 47.1 Å². The normalized spacial score (nSPS) is 15.6. The van der Waals surface area contributed by atoms with Crippen LogP contribution < -0.4 is 0 Å². The van der Waals surface area contributed by atoms with Crippen molar-refractivity contribution in [3.8, 4) is 0 Å². The van der Waals surface area contributed by atoms with Crippen LogP contribution in [0, 0.1) is 10.1 Å². The van der Waals surface area contributed by atoms with Crippen LogP contribution in [-0.2, 0) is 23.8 Å². The van der Waals surface area contributed by atoms with Crippen LogP contribution in [0.1, 0.15) is 53.0 Å². The van der Waals surface area contributed by atoms with E-state index in [-0.39, 0.29) is 30.0 Å². The molecule has 1 unspecified atom stereocenters. The molecule has 32 heavy (non-hydrogen) atoms. The van der Waals surface area contributed by atoms with Crippen LogP contribution in [0.25, 0.3) is 0 Å². The monoisotopic (exact) mass is 446 g/mol. The Hall–Kier alpha value is -3.20. The molecule has 1 aromatic rings. The third-order valence-corrected chi connectivity index (χ3v) is 5.26. The molecule has 1 aromatic carbocycles. The molecule has 0 fully saturated rings. The number of esters is 2. The summed E-state index contributed by atoms with van der Waals surface area (Å²) in [6.45, 7) is 11.2. The molecule has 1 aliphatic rings. The number of carbonyl (C=O) groups is 2. The van der Waals surface area contributed by atoms with E-state index in [0.717, 1.165) is 0 Å². The highest BCUT2D eigenvalue weighted by atomic mass is 16.6. The maximum atomic E-state index is 13.1. The number of hydrogen-bond acceptors (Lipinski definition) is 8. The number of ether oxygens (including phenoxy) is 3. The van der Waals surface area contributed by atoms with E-state index in [2.05, 4.69) is 0 Å². The molecule has 0 radical (unpaired) electrons. The Morgan fingerprint density at radius 1 is 1.03 bits per heavy atom. The van der Waals surface area contributed by atoms with E-state index in [1.165, 1.54) is 18.2 Å². The number of benzene rings is 1. The maximum Gasteiger partial charge on any atom is 0.336 e. The number of non-ortho nitro benzene ring substituents is 1. The molecule has 1 atom stereocenters. The molecule has 2 rings (SSSR count). The minimum Gasteiger partial charge on any atom is -0.463 e. The van der Waals surface area contributed by atoms with E-state index in [0.29, 0.717) is 23.6 Å². The van der Waals surface area contributed by atoms with E-state index < -0.39 is 29.0 Å². The highest BCUT2D eigenvalue weighted by molar-refractivity contribution is 6.00. The van der Waals surface area contributed by atoms with Gasteiger partial charge in [0.2, 0.25) is 0 Å². The number of nitro benzene ring substituents is 1. The zero-order valence-corrected chi connectivity index (χ0v) is 19.3. The highest BCUT2D eigenvalue weighted by Crippen LogP contribution is 2.44. The topological polar surface area (TPSA) is 108 Å². The molecule has 0 bridgehead atoms. The predicted molar refractivity (Wildman–Crippen MR) is 117 cm³/mol. The second kappa shape index (κ2) is 10.9. The number of carbonyl (C=O) groups excluding carboxylic acids is 2. The minimum absolute atomic E-state index is 0.135. The summed E-state index contributed by atoms with van der Waals surface area (Å²) < 4.78 is 16.4. The van der Waals surface area contributed by atoms with Crippen molar-refractivity contribution in [1.29, 1.82) is 0 Å². The summed E-state index contributed by atoms with van der Waals surface area (Å²) in [6.07, 6.45) is -0.472. The Morgan fingerprint density at radius 2 is 1.56 bits per heavy atom. The van der Waals surface area contributed by atoms with E-state index in [1.807, 2.05) is 13.8 Å². The van der Waals surface area contributed by atoms with Crippen molar-refractivity contribution >= 4 is 17.6 Å². The van der Waals surface area contributed by atoms with Crippen LogP contribution in [0.3, 0.4) is 0 Å². The van der Waals surface area contributed by atoms with Gasteiger partial charge in [-0.15, -0.1) is 0 Å². The third kappa shape index (κ3) is 4.99. The molecule has 0 saturated heterocycles. The zero-order chi connectivity index (χ0) is 24.0. The number of rotatable bonds is 9. The quantitative estimate of drug-likeness (QED) is 0.318. The van der Waals surface area contributed by atoms with Crippen molar-refractivity contribution in [1.82, 2.24) is 4.90 Å². The fraction of sp³-hybridized carbons (Fsp3) is 0.478. The fourth-order valence-corrected chi connectivity index (χ4v) is 4.03. The van der Waals surface area contributed by atoms with Gasteiger partial charge in [0.1, 0.15) is 6.23 Å². The molecule has 174 valence electrons. The Labute approximate surface area is 187 Å². The van der Waals surface area contributed by atoms with Gasteiger partial charge in [-0.2, -0.15) is 0 Å². The lowest BCUT2D eigenvalue weighted by Crippen LogP contribution is -2.40. The molecule has 9 heteroatoms. The van der Waals surface area contributed by atoms with Gasteiger partial charge < -0.3 is 19.1 Å². The molecule has 1 aliphatic heterocycles. The van der Waals surface area contributed by atoms with Gasteiger partial charge in [-0.25, -0.2) is 9.59 Å². The van der Waals surface area contributed by atoms with Crippen molar-refractivity contribution in [3.63, 3.8) is 0 Å². The molecule has 0 spiro atoms. The van der Waals surface area contributed by atoms with Crippen LogP contribution in [0.15, 0.2) is 46.8 Å². The smallest absolute Gasteiger partial charge is 0.336 e. The van der Waals surface area contributed by atoms with Crippen molar-refractivity contribution in [2.24, 2.45) is 0 Å². The first kappa shape index (κ1) is 25.1. The van der Waals surface area contributed by atoms with Crippen LogP contribution in [0.5, 0.6) is 0 Å². The summed E-state index contributed by atoms with van der Waals surface area (Å²) in [4.78, 5) is 38.9. The molecule has 0 aromatic heterocycles. The maximum absolute atomic E-state index is 13.1. The number of allylic oxidation sites excluding steroid dienone is 2. The molecule has 0 saturated carbocycles. The minimum atomic E-state index is -0.891. The molecule has 0 amide bonds. The van der Waals surface area contributed by atoms with Crippen molar-refractivity contribution in [2.75, 3.05) is 19.8 Å². The van der Waals surface area contributed by atoms with Crippen LogP contribution in [0.2, 0.25) is 0 Å². The summed E-state index contributed by atoms with van der Waals surface area (Å²) in [6, 6.07) is 5.90. The van der Waals surface area contributed by atoms with Gasteiger partial charge in [0, 0.05) is 30.1 Å². The zero-order valence-electron chi connectivity index (χ0n) is 19.3. The van der Waals surface area contributed by atoms with Crippen molar-refractivity contribution in [3.05, 3.63) is 62.5 Å². The van der Waals surface area contributed by atoms with Crippen molar-refractivity contribution < 1.29 is 28.7 Å². The molecule has 1 heterocycles. The van der Waals surface area contributed by atoms with Gasteiger partial charge >= 0.3 is 11.9 Å². The highest BCUT2D eigenvalue weighted by Gasteiger charge is 2.42. The second-order valence-electron chi connectivity index (χ2n) is 7.15. The Morgan fingerprint density at radius 3 is 2.00 bits per heavy atom. The van der Waals surface area contributed by atoms with Gasteiger partial charge in [-0.1, -0.05) is 12.1 Å². The van der Waals surface area contributed by atoms with E-state index in [4.69, 9.17) is 14.2 Å². The molecule has 9 nitrogen and oxygen atoms in total. The first-order valence-electron chi connectivity index (χ1n) is 10.6. The lowest BCUT2D eigenvalue weighted by molar-refractivity contribution is -0.384. The largest absolute Gasteiger partial charge is 0.463 e. The molecule has 0 aliphatic carbocycles. The first-order chi connectivity index (χ1) is 15.2. The van der Waals surface area contributed by atoms with Crippen LogP contribution in [0.4, 0.5) is 5.69 Å². The summed E-state index contributed by atoms with van der Waals surface area (Å²) in [5.74, 6) is -2.10. The van der Waals surface area contributed by atoms with E-state index >= 15 is 0 Å². The number of nitrogens with zero attached hydrogens (tertiary/aromatic N) is 2. The fourth-order valence-electron chi connectivity index (χ4n) is 4.03. The average molecular weight is 447 g/mol. The molecular weight excluding hydrogens is 416 g/mol. The first-order valence-corrected chi connectivity index (χ1v) is 10.6. The average Bonchev–Trinajstić information content (AvgIpc) is 2.73. The Bertz CT molecular complexity index is 909.